The number of amides is 1. The lowest BCUT2D eigenvalue weighted by molar-refractivity contribution is -0.101. The molecule has 2 aromatic carbocycles. The van der Waals surface area contributed by atoms with E-state index in [2.05, 4.69) is 0 Å². The zero-order chi connectivity index (χ0) is 26.1. The first-order chi connectivity index (χ1) is 17.0. The molecule has 6 nitrogen and oxygen atoms in total. The third-order valence-electron chi connectivity index (χ3n) is 6.99. The van der Waals surface area contributed by atoms with E-state index in [9.17, 15) is 14.7 Å². The van der Waals surface area contributed by atoms with Crippen LogP contribution in [-0.2, 0) is 10.3 Å². The van der Waals surface area contributed by atoms with Crippen LogP contribution in [-0.4, -0.2) is 32.8 Å². The number of rotatable bonds is 7. The normalized spacial score (nSPS) is 19.3. The van der Waals surface area contributed by atoms with Crippen molar-refractivity contribution >= 4 is 6.09 Å². The zero-order valence-corrected chi connectivity index (χ0v) is 21.8. The van der Waals surface area contributed by atoms with Gasteiger partial charge >= 0.3 is 6.09 Å². The van der Waals surface area contributed by atoms with E-state index in [1.165, 1.54) is 0 Å². The Bertz CT molecular complexity index is 1260. The second kappa shape index (κ2) is 9.94. The molecule has 1 amide bonds. The Morgan fingerprint density at radius 2 is 1.64 bits per heavy atom. The van der Waals surface area contributed by atoms with Crippen molar-refractivity contribution in [3.05, 3.63) is 94.4 Å². The molecule has 1 aliphatic rings. The smallest absolute Gasteiger partial charge is 0.411 e. The van der Waals surface area contributed by atoms with E-state index in [4.69, 9.17) is 4.74 Å². The topological polar surface area (TPSA) is 71.8 Å². The van der Waals surface area contributed by atoms with Crippen molar-refractivity contribution in [2.24, 2.45) is 0 Å². The highest BCUT2D eigenvalue weighted by Crippen LogP contribution is 2.42. The Balaban J connectivity index is 1.53. The third kappa shape index (κ3) is 5.39. The van der Waals surface area contributed by atoms with Gasteiger partial charge in [-0.05, 0) is 62.9 Å². The number of carbonyl (C=O) groups excluding carboxylic acids is 1. The Morgan fingerprint density at radius 3 is 2.19 bits per heavy atom. The van der Waals surface area contributed by atoms with Crippen LogP contribution in [0.3, 0.4) is 0 Å². The summed E-state index contributed by atoms with van der Waals surface area (Å²) in [4.78, 5) is 27.4. The van der Waals surface area contributed by atoms with Gasteiger partial charge in [0, 0.05) is 37.7 Å². The van der Waals surface area contributed by atoms with Gasteiger partial charge < -0.3 is 19.3 Å². The molecule has 0 saturated carbocycles. The van der Waals surface area contributed by atoms with Gasteiger partial charge in [-0.25, -0.2) is 4.79 Å². The molecule has 1 aliphatic heterocycles. The molecule has 36 heavy (non-hydrogen) atoms. The predicted octanol–water partition coefficient (Wildman–Crippen LogP) is 6.06. The molecule has 190 valence electrons. The van der Waals surface area contributed by atoms with E-state index < -0.39 is 11.2 Å². The number of hydrogen-bond acceptors (Lipinski definition) is 4. The highest BCUT2D eigenvalue weighted by atomic mass is 16.6. The Hall–Kier alpha value is -3.38. The molecule has 6 heteroatoms. The second-order valence-corrected chi connectivity index (χ2v) is 10.7. The second-order valence-electron chi connectivity index (χ2n) is 10.7. The standard InChI is InChI=1S/C30H36N2O4/c1-21(2)31-17-15-25(19-27(31)33)24-13-11-23(12-14-24)22(3)32-18-16-30(36-28(32)34,20-29(4,5)35)26-9-7-6-8-10-26/h6-15,17,19,21-22,35H,16,18,20H2,1-5H3/t22-,30?/m0/s1. The number of aromatic nitrogens is 1. The highest BCUT2D eigenvalue weighted by molar-refractivity contribution is 5.70. The molecule has 1 aromatic heterocycles. The summed E-state index contributed by atoms with van der Waals surface area (Å²) < 4.78 is 7.82. The number of hydrogen-bond donors (Lipinski definition) is 1. The number of aliphatic hydroxyl groups is 1. The number of benzene rings is 2. The third-order valence-corrected chi connectivity index (χ3v) is 6.99. The van der Waals surface area contributed by atoms with E-state index in [1.807, 2.05) is 87.6 Å². The van der Waals surface area contributed by atoms with Crippen molar-refractivity contribution < 1.29 is 14.6 Å². The molecule has 2 atom stereocenters. The van der Waals surface area contributed by atoms with Crippen LogP contribution in [0.2, 0.25) is 0 Å². The molecule has 1 saturated heterocycles. The van der Waals surface area contributed by atoms with Gasteiger partial charge in [0.2, 0.25) is 0 Å². The number of ether oxygens (including phenoxy) is 1. The first kappa shape index (κ1) is 25.7. The largest absolute Gasteiger partial charge is 0.438 e. The van der Waals surface area contributed by atoms with Gasteiger partial charge in [0.15, 0.2) is 0 Å². The van der Waals surface area contributed by atoms with Crippen molar-refractivity contribution in [2.45, 2.75) is 70.7 Å². The molecule has 3 aromatic rings. The van der Waals surface area contributed by atoms with Gasteiger partial charge in [0.1, 0.15) is 5.60 Å². The molecule has 1 N–H and O–H groups in total. The average molecular weight is 489 g/mol. The van der Waals surface area contributed by atoms with Crippen molar-refractivity contribution in [3.63, 3.8) is 0 Å². The summed E-state index contributed by atoms with van der Waals surface area (Å²) in [6, 6.07) is 21.2. The number of carbonyl (C=O) groups is 1. The van der Waals surface area contributed by atoms with Gasteiger partial charge in [-0.2, -0.15) is 0 Å². The first-order valence-corrected chi connectivity index (χ1v) is 12.6. The maximum absolute atomic E-state index is 13.3. The summed E-state index contributed by atoms with van der Waals surface area (Å²) in [6.45, 7) is 9.96. The van der Waals surface area contributed by atoms with Crippen LogP contribution in [0.1, 0.15) is 70.7 Å². The highest BCUT2D eigenvalue weighted by Gasteiger charge is 2.46. The molecule has 0 aliphatic carbocycles. The van der Waals surface area contributed by atoms with E-state index in [0.29, 0.717) is 19.4 Å². The average Bonchev–Trinajstić information content (AvgIpc) is 2.83. The fourth-order valence-electron chi connectivity index (χ4n) is 5.12. The summed E-state index contributed by atoms with van der Waals surface area (Å²) in [6.07, 6.45) is 2.35. The molecular weight excluding hydrogens is 452 g/mol. The van der Waals surface area contributed by atoms with E-state index in [-0.39, 0.29) is 23.7 Å². The van der Waals surface area contributed by atoms with Gasteiger partial charge in [0.05, 0.1) is 11.6 Å². The summed E-state index contributed by atoms with van der Waals surface area (Å²) in [5, 5.41) is 10.6. The molecule has 1 unspecified atom stereocenters. The number of cyclic esters (lactones) is 1. The molecule has 1 fully saturated rings. The minimum Gasteiger partial charge on any atom is -0.438 e. The van der Waals surface area contributed by atoms with Crippen LogP contribution in [0.5, 0.6) is 0 Å². The van der Waals surface area contributed by atoms with Gasteiger partial charge in [-0.1, -0.05) is 54.6 Å². The summed E-state index contributed by atoms with van der Waals surface area (Å²) in [5.74, 6) is 0. The molecule has 0 bridgehead atoms. The Labute approximate surface area is 213 Å². The van der Waals surface area contributed by atoms with Crippen LogP contribution in [0.4, 0.5) is 4.79 Å². The van der Waals surface area contributed by atoms with Crippen molar-refractivity contribution in [1.29, 1.82) is 0 Å². The molecule has 0 spiro atoms. The quantitative estimate of drug-likeness (QED) is 0.439. The monoisotopic (exact) mass is 488 g/mol. The minimum absolute atomic E-state index is 0.0241. The Morgan fingerprint density at radius 1 is 0.972 bits per heavy atom. The van der Waals surface area contributed by atoms with E-state index in [0.717, 1.165) is 22.3 Å². The maximum Gasteiger partial charge on any atom is 0.411 e. The van der Waals surface area contributed by atoms with Crippen LogP contribution in [0, 0.1) is 0 Å². The fourth-order valence-corrected chi connectivity index (χ4v) is 5.12. The molecule has 4 rings (SSSR count). The number of nitrogens with zero attached hydrogens (tertiary/aromatic N) is 2. The Kier molecular flexibility index (Phi) is 7.10. The van der Waals surface area contributed by atoms with E-state index in [1.54, 1.807) is 29.4 Å². The van der Waals surface area contributed by atoms with Crippen LogP contribution >= 0.6 is 0 Å². The SMILES string of the molecule is CC(C)n1ccc(-c2ccc([C@H](C)N3CCC(CC(C)(C)O)(c4ccccc4)OC3=O)cc2)cc1=O. The first-order valence-electron chi connectivity index (χ1n) is 12.6. The lowest BCUT2D eigenvalue weighted by atomic mass is 9.80. The molecule has 2 heterocycles. The lowest BCUT2D eigenvalue weighted by Crippen LogP contribution is -2.51. The zero-order valence-electron chi connectivity index (χ0n) is 21.8. The summed E-state index contributed by atoms with van der Waals surface area (Å²) in [7, 11) is 0. The molecular formula is C30H36N2O4. The van der Waals surface area contributed by atoms with Crippen LogP contribution in [0.15, 0.2) is 77.7 Å². The van der Waals surface area contributed by atoms with Crippen molar-refractivity contribution in [3.8, 4) is 11.1 Å². The maximum atomic E-state index is 13.3. The lowest BCUT2D eigenvalue weighted by Gasteiger charge is -2.45. The fraction of sp³-hybridized carbons (Fsp3) is 0.400. The summed E-state index contributed by atoms with van der Waals surface area (Å²) >= 11 is 0. The van der Waals surface area contributed by atoms with E-state index >= 15 is 0 Å². The minimum atomic E-state index is -0.991. The predicted molar refractivity (Wildman–Crippen MR) is 142 cm³/mol. The van der Waals surface area contributed by atoms with Crippen molar-refractivity contribution in [2.75, 3.05) is 6.54 Å². The van der Waals surface area contributed by atoms with Gasteiger partial charge in [-0.3, -0.25) is 4.79 Å². The number of pyridine rings is 1. The van der Waals surface area contributed by atoms with Crippen LogP contribution in [0.25, 0.3) is 11.1 Å². The molecule has 0 radical (unpaired) electrons. The summed E-state index contributed by atoms with van der Waals surface area (Å²) in [5.41, 5.74) is 1.82. The van der Waals surface area contributed by atoms with Crippen LogP contribution < -0.4 is 5.56 Å². The van der Waals surface area contributed by atoms with Gasteiger partial charge in [0.25, 0.3) is 5.56 Å². The van der Waals surface area contributed by atoms with Crippen molar-refractivity contribution in [1.82, 2.24) is 9.47 Å². The van der Waals surface area contributed by atoms with Gasteiger partial charge in [-0.15, -0.1) is 0 Å².